The molecule has 4 rings (SSSR count). The Kier molecular flexibility index (Phi) is 4.88. The summed E-state index contributed by atoms with van der Waals surface area (Å²) in [6.07, 6.45) is -0.506. The molecule has 0 bridgehead atoms. The number of nitrogens with two attached hydrogens (primary N) is 1. The van der Waals surface area contributed by atoms with Crippen LogP contribution in [0.2, 0.25) is 0 Å². The molecule has 7 nitrogen and oxygen atoms in total. The zero-order valence-electron chi connectivity index (χ0n) is 14.8. The Bertz CT molecular complexity index is 833. The highest BCUT2D eigenvalue weighted by molar-refractivity contribution is 6.05. The van der Waals surface area contributed by atoms with Crippen molar-refractivity contribution in [1.82, 2.24) is 4.90 Å². The normalized spacial score (nSPS) is 20.1. The summed E-state index contributed by atoms with van der Waals surface area (Å²) >= 11 is 0. The summed E-state index contributed by atoms with van der Waals surface area (Å²) in [7, 11) is 0. The number of guanidine groups is 2. The molecule has 140 valence electrons. The van der Waals surface area contributed by atoms with Crippen LogP contribution >= 0.6 is 0 Å². The maximum absolute atomic E-state index is 13.3. The molecule has 0 radical (unpaired) electrons. The molecule has 0 spiro atoms. The zero-order valence-corrected chi connectivity index (χ0v) is 14.8. The fourth-order valence-electron chi connectivity index (χ4n) is 3.10. The second-order valence-corrected chi connectivity index (χ2v) is 6.23. The van der Waals surface area contributed by atoms with Gasteiger partial charge in [-0.1, -0.05) is 18.2 Å². The van der Waals surface area contributed by atoms with Gasteiger partial charge >= 0.3 is 0 Å². The van der Waals surface area contributed by atoms with E-state index in [2.05, 4.69) is 20.2 Å². The molecular formula is C19H21FN6O. The summed E-state index contributed by atoms with van der Waals surface area (Å²) < 4.78 is 18.7. The van der Waals surface area contributed by atoms with Crippen molar-refractivity contribution < 1.29 is 9.13 Å². The third kappa shape index (κ3) is 3.85. The molecule has 1 atom stereocenters. The summed E-state index contributed by atoms with van der Waals surface area (Å²) in [5.74, 6) is 0.627. The van der Waals surface area contributed by atoms with E-state index in [4.69, 9.17) is 10.5 Å². The predicted molar refractivity (Wildman–Crippen MR) is 104 cm³/mol. The van der Waals surface area contributed by atoms with Crippen molar-refractivity contribution >= 4 is 23.3 Å². The van der Waals surface area contributed by atoms with Gasteiger partial charge in [0, 0.05) is 24.5 Å². The third-order valence-corrected chi connectivity index (χ3v) is 4.40. The second kappa shape index (κ2) is 7.63. The van der Waals surface area contributed by atoms with E-state index in [1.165, 1.54) is 12.1 Å². The van der Waals surface area contributed by atoms with E-state index < -0.39 is 6.29 Å². The molecule has 1 unspecified atom stereocenters. The lowest BCUT2D eigenvalue weighted by atomic mass is 10.2. The Labute approximate surface area is 157 Å². The topological polar surface area (TPSA) is 78.5 Å². The van der Waals surface area contributed by atoms with Gasteiger partial charge in [-0.3, -0.25) is 4.90 Å². The van der Waals surface area contributed by atoms with Crippen LogP contribution in [0.4, 0.5) is 15.8 Å². The van der Waals surface area contributed by atoms with Crippen molar-refractivity contribution in [2.45, 2.75) is 6.29 Å². The molecule has 0 amide bonds. The number of nitrogens with zero attached hydrogens (tertiary/aromatic N) is 4. The van der Waals surface area contributed by atoms with Crippen molar-refractivity contribution in [3.05, 3.63) is 60.4 Å². The highest BCUT2D eigenvalue weighted by atomic mass is 19.1. The predicted octanol–water partition coefficient (Wildman–Crippen LogP) is 2.04. The van der Waals surface area contributed by atoms with Gasteiger partial charge in [0.2, 0.25) is 18.2 Å². The van der Waals surface area contributed by atoms with Gasteiger partial charge in [-0.05, 0) is 36.4 Å². The number of hydrogen-bond donors (Lipinski definition) is 2. The Hall–Kier alpha value is -3.13. The number of ether oxygens (including phenoxy) is 1. The first-order chi connectivity index (χ1) is 13.2. The molecule has 3 N–H and O–H groups in total. The molecule has 0 aromatic heterocycles. The number of benzene rings is 2. The summed E-state index contributed by atoms with van der Waals surface area (Å²) in [5.41, 5.74) is 7.69. The SMILES string of the molecule is NC1=NC(Nc2ccc(F)cc2)N(c2ccccc2)C(N2CCOCC2)=N1. The van der Waals surface area contributed by atoms with Crippen LogP contribution < -0.4 is 16.0 Å². The number of morpholine rings is 1. The van der Waals surface area contributed by atoms with Crippen LogP contribution in [0.5, 0.6) is 0 Å². The minimum Gasteiger partial charge on any atom is -0.378 e. The number of rotatable bonds is 3. The van der Waals surface area contributed by atoms with Gasteiger partial charge in [0.05, 0.1) is 13.2 Å². The highest BCUT2D eigenvalue weighted by Crippen LogP contribution is 2.24. The standard InChI is InChI=1S/C19H21FN6O/c20-14-6-8-15(9-7-14)22-18-23-17(21)24-19(25-10-12-27-13-11-25)26(18)16-4-2-1-3-5-16/h1-9,18,22H,10-13H2,(H2,21,23). The van der Waals surface area contributed by atoms with Gasteiger partial charge < -0.3 is 20.7 Å². The van der Waals surface area contributed by atoms with E-state index in [1.807, 2.05) is 35.2 Å². The van der Waals surface area contributed by atoms with Crippen LogP contribution in [-0.2, 0) is 4.74 Å². The molecule has 27 heavy (non-hydrogen) atoms. The highest BCUT2D eigenvalue weighted by Gasteiger charge is 2.31. The van der Waals surface area contributed by atoms with E-state index in [0.717, 1.165) is 30.4 Å². The Balaban J connectivity index is 1.69. The minimum absolute atomic E-state index is 0.197. The molecule has 0 saturated carbocycles. The summed E-state index contributed by atoms with van der Waals surface area (Å²) in [5, 5.41) is 3.31. The van der Waals surface area contributed by atoms with E-state index in [9.17, 15) is 4.39 Å². The first kappa shape index (κ1) is 17.3. The molecule has 2 aliphatic heterocycles. The first-order valence-corrected chi connectivity index (χ1v) is 8.82. The lowest BCUT2D eigenvalue weighted by Gasteiger charge is -2.41. The molecule has 2 aromatic carbocycles. The van der Waals surface area contributed by atoms with E-state index in [-0.39, 0.29) is 11.8 Å². The van der Waals surface area contributed by atoms with E-state index >= 15 is 0 Å². The van der Waals surface area contributed by atoms with Gasteiger partial charge in [-0.2, -0.15) is 4.99 Å². The number of halogens is 1. The Morgan fingerprint density at radius 1 is 1.04 bits per heavy atom. The van der Waals surface area contributed by atoms with Crippen LogP contribution in [0.3, 0.4) is 0 Å². The maximum atomic E-state index is 13.3. The van der Waals surface area contributed by atoms with Crippen molar-refractivity contribution in [2.24, 2.45) is 15.7 Å². The van der Waals surface area contributed by atoms with Crippen molar-refractivity contribution in [3.8, 4) is 0 Å². The lowest BCUT2D eigenvalue weighted by molar-refractivity contribution is 0.0671. The maximum Gasteiger partial charge on any atom is 0.222 e. The molecule has 8 heteroatoms. The Morgan fingerprint density at radius 2 is 1.74 bits per heavy atom. The van der Waals surface area contributed by atoms with Gasteiger partial charge in [0.15, 0.2) is 0 Å². The van der Waals surface area contributed by atoms with E-state index in [0.29, 0.717) is 13.2 Å². The van der Waals surface area contributed by atoms with E-state index in [1.54, 1.807) is 12.1 Å². The Morgan fingerprint density at radius 3 is 2.44 bits per heavy atom. The molecule has 2 aromatic rings. The molecule has 2 heterocycles. The average molecular weight is 368 g/mol. The summed E-state index contributed by atoms with van der Waals surface area (Å²) in [6.45, 7) is 2.71. The van der Waals surface area contributed by atoms with Gasteiger partial charge in [-0.25, -0.2) is 9.38 Å². The van der Waals surface area contributed by atoms with Crippen LogP contribution in [0.25, 0.3) is 0 Å². The quantitative estimate of drug-likeness (QED) is 0.867. The minimum atomic E-state index is -0.506. The smallest absolute Gasteiger partial charge is 0.222 e. The molecule has 1 fully saturated rings. The molecule has 0 aliphatic carbocycles. The van der Waals surface area contributed by atoms with Crippen LogP contribution in [0.15, 0.2) is 64.6 Å². The largest absolute Gasteiger partial charge is 0.378 e. The van der Waals surface area contributed by atoms with Crippen LogP contribution in [-0.4, -0.2) is 49.4 Å². The van der Waals surface area contributed by atoms with Crippen LogP contribution in [0, 0.1) is 5.82 Å². The summed E-state index contributed by atoms with van der Waals surface area (Å²) in [4.78, 5) is 13.1. The monoisotopic (exact) mass is 368 g/mol. The van der Waals surface area contributed by atoms with Crippen LogP contribution in [0.1, 0.15) is 0 Å². The summed E-state index contributed by atoms with van der Waals surface area (Å²) in [6, 6.07) is 16.0. The molecular weight excluding hydrogens is 347 g/mol. The number of anilines is 2. The molecule has 2 aliphatic rings. The van der Waals surface area contributed by atoms with Crippen molar-refractivity contribution in [2.75, 3.05) is 36.5 Å². The van der Waals surface area contributed by atoms with Gasteiger partial charge in [0.25, 0.3) is 0 Å². The fraction of sp³-hybridized carbons (Fsp3) is 0.263. The number of para-hydroxylation sites is 1. The fourth-order valence-corrected chi connectivity index (χ4v) is 3.10. The third-order valence-electron chi connectivity index (χ3n) is 4.40. The van der Waals surface area contributed by atoms with Gasteiger partial charge in [0.1, 0.15) is 5.82 Å². The first-order valence-electron chi connectivity index (χ1n) is 8.82. The van der Waals surface area contributed by atoms with Crippen molar-refractivity contribution in [1.29, 1.82) is 0 Å². The zero-order chi connectivity index (χ0) is 18.6. The number of aliphatic imine (C=N–C) groups is 2. The van der Waals surface area contributed by atoms with Crippen molar-refractivity contribution in [3.63, 3.8) is 0 Å². The number of hydrogen-bond acceptors (Lipinski definition) is 7. The van der Waals surface area contributed by atoms with Gasteiger partial charge in [-0.15, -0.1) is 0 Å². The lowest BCUT2D eigenvalue weighted by Crippen LogP contribution is -2.57. The second-order valence-electron chi connectivity index (χ2n) is 6.23. The number of nitrogens with one attached hydrogen (secondary N) is 1. The molecule has 1 saturated heterocycles. The average Bonchev–Trinajstić information content (AvgIpc) is 2.71.